The van der Waals surface area contributed by atoms with Gasteiger partial charge in [-0.25, -0.2) is 17.5 Å². The zero-order chi connectivity index (χ0) is 20.7. The first-order valence-electron chi connectivity index (χ1n) is 8.14. The maximum Gasteiger partial charge on any atom is 0.307 e. The first-order valence-corrected chi connectivity index (χ1v) is 9.62. The smallest absolute Gasteiger partial charge is 0.307 e. The van der Waals surface area contributed by atoms with E-state index in [0.29, 0.717) is 0 Å². The van der Waals surface area contributed by atoms with Crippen molar-refractivity contribution in [3.05, 3.63) is 30.1 Å². The number of nitrogens with one attached hydrogen (secondary N) is 2. The summed E-state index contributed by atoms with van der Waals surface area (Å²) >= 11 is 0. The molecule has 0 aromatic heterocycles. The van der Waals surface area contributed by atoms with E-state index in [9.17, 15) is 22.4 Å². The molecule has 27 heavy (non-hydrogen) atoms. The van der Waals surface area contributed by atoms with Gasteiger partial charge in [0.15, 0.2) is 6.61 Å². The summed E-state index contributed by atoms with van der Waals surface area (Å²) in [4.78, 5) is 22.9. The van der Waals surface area contributed by atoms with Crippen molar-refractivity contribution in [2.45, 2.75) is 37.6 Å². The number of hydrogen-bond acceptors (Lipinski definition) is 6. The number of ether oxygens (including phenoxy) is 1. The number of benzene rings is 1. The van der Waals surface area contributed by atoms with E-state index in [4.69, 9.17) is 10.00 Å². The van der Waals surface area contributed by atoms with Crippen LogP contribution in [0.15, 0.2) is 29.2 Å². The summed E-state index contributed by atoms with van der Waals surface area (Å²) in [6, 6.07) is 6.82. The van der Waals surface area contributed by atoms with Crippen molar-refractivity contribution in [2.75, 3.05) is 13.2 Å². The molecule has 0 radical (unpaired) electrons. The molecule has 2 N–H and O–H groups in total. The highest BCUT2D eigenvalue weighted by Crippen LogP contribution is 2.15. The minimum absolute atomic E-state index is 0.157. The molecular formula is C17H22FN3O5S. The van der Waals surface area contributed by atoms with Crippen LogP contribution in [0.4, 0.5) is 4.39 Å². The number of esters is 1. The number of nitriles is 1. The Hall–Kier alpha value is -2.51. The zero-order valence-corrected chi connectivity index (χ0v) is 16.1. The van der Waals surface area contributed by atoms with Gasteiger partial charge in [0.2, 0.25) is 10.0 Å². The molecule has 0 saturated carbocycles. The Labute approximate surface area is 157 Å². The Morgan fingerprint density at radius 1 is 1.33 bits per heavy atom. The summed E-state index contributed by atoms with van der Waals surface area (Å²) in [5.74, 6) is -2.53. The molecule has 1 rings (SSSR count). The molecule has 1 aromatic carbocycles. The molecule has 0 saturated heterocycles. The van der Waals surface area contributed by atoms with Crippen LogP contribution in [-0.4, -0.2) is 39.0 Å². The molecule has 0 heterocycles. The van der Waals surface area contributed by atoms with Crippen LogP contribution in [0.25, 0.3) is 0 Å². The Bertz CT molecular complexity index is 835. The van der Waals surface area contributed by atoms with E-state index in [1.54, 1.807) is 20.8 Å². The fourth-order valence-corrected chi connectivity index (χ4v) is 2.98. The van der Waals surface area contributed by atoms with Gasteiger partial charge < -0.3 is 10.1 Å². The fourth-order valence-electron chi connectivity index (χ4n) is 1.87. The Morgan fingerprint density at radius 3 is 2.52 bits per heavy atom. The van der Waals surface area contributed by atoms with E-state index >= 15 is 0 Å². The minimum Gasteiger partial charge on any atom is -0.456 e. The normalized spacial score (nSPS) is 13.5. The number of hydrogen-bond donors (Lipinski definition) is 2. The van der Waals surface area contributed by atoms with Crippen molar-refractivity contribution >= 4 is 21.9 Å². The van der Waals surface area contributed by atoms with Gasteiger partial charge in [-0.3, -0.25) is 9.59 Å². The third-order valence-electron chi connectivity index (χ3n) is 3.90. The summed E-state index contributed by atoms with van der Waals surface area (Å²) in [5, 5.41) is 11.6. The van der Waals surface area contributed by atoms with Gasteiger partial charge in [0, 0.05) is 6.54 Å². The second-order valence-corrected chi connectivity index (χ2v) is 7.99. The van der Waals surface area contributed by atoms with Gasteiger partial charge in [0.25, 0.3) is 5.91 Å². The molecule has 0 spiro atoms. The molecule has 0 aliphatic rings. The van der Waals surface area contributed by atoms with Crippen LogP contribution in [0.2, 0.25) is 0 Å². The lowest BCUT2D eigenvalue weighted by molar-refractivity contribution is -0.148. The largest absolute Gasteiger partial charge is 0.456 e. The minimum atomic E-state index is -4.10. The summed E-state index contributed by atoms with van der Waals surface area (Å²) in [7, 11) is -4.10. The third-order valence-corrected chi connectivity index (χ3v) is 5.39. The number of amides is 1. The first kappa shape index (κ1) is 22.5. The standard InChI is InChI=1S/C17H22FN3O5S/c1-12(2)17(3,11-19)21-15(22)10-26-16(23)8-9-20-27(24,25)14-7-5-4-6-13(14)18/h4-7,12,20H,8-10H2,1-3H3,(H,21,22). The summed E-state index contributed by atoms with van der Waals surface area (Å²) in [6.07, 6.45) is -0.347. The molecular weight excluding hydrogens is 377 g/mol. The van der Waals surface area contributed by atoms with Crippen LogP contribution in [0, 0.1) is 23.1 Å². The summed E-state index contributed by atoms with van der Waals surface area (Å²) in [5.41, 5.74) is -1.10. The zero-order valence-electron chi connectivity index (χ0n) is 15.3. The van der Waals surface area contributed by atoms with Gasteiger partial charge in [-0.05, 0) is 25.0 Å². The number of carbonyl (C=O) groups is 2. The highest BCUT2D eigenvalue weighted by Gasteiger charge is 2.30. The van der Waals surface area contributed by atoms with Crippen LogP contribution in [-0.2, 0) is 24.3 Å². The lowest BCUT2D eigenvalue weighted by Crippen LogP contribution is -2.50. The topological polar surface area (TPSA) is 125 Å². The predicted molar refractivity (Wildman–Crippen MR) is 94.2 cm³/mol. The maximum absolute atomic E-state index is 13.5. The third kappa shape index (κ3) is 6.62. The van der Waals surface area contributed by atoms with Crippen LogP contribution >= 0.6 is 0 Å². The van der Waals surface area contributed by atoms with Crippen molar-refractivity contribution in [3.63, 3.8) is 0 Å². The molecule has 8 nitrogen and oxygen atoms in total. The lowest BCUT2D eigenvalue weighted by Gasteiger charge is -2.27. The number of halogens is 1. The average molecular weight is 399 g/mol. The number of carbonyl (C=O) groups excluding carboxylic acids is 2. The Kier molecular flexibility index (Phi) is 7.87. The second kappa shape index (κ2) is 9.43. The Morgan fingerprint density at radius 2 is 1.96 bits per heavy atom. The lowest BCUT2D eigenvalue weighted by atomic mass is 9.90. The van der Waals surface area contributed by atoms with E-state index in [1.165, 1.54) is 12.1 Å². The van der Waals surface area contributed by atoms with Gasteiger partial charge in [0.1, 0.15) is 16.3 Å². The quantitative estimate of drug-likeness (QED) is 0.599. The molecule has 1 unspecified atom stereocenters. The second-order valence-electron chi connectivity index (χ2n) is 6.26. The monoisotopic (exact) mass is 399 g/mol. The van der Waals surface area contributed by atoms with Gasteiger partial charge in [-0.15, -0.1) is 0 Å². The molecule has 0 bridgehead atoms. The van der Waals surface area contributed by atoms with Gasteiger partial charge >= 0.3 is 5.97 Å². The van der Waals surface area contributed by atoms with Crippen LogP contribution in [0.3, 0.4) is 0 Å². The van der Waals surface area contributed by atoms with Crippen molar-refractivity contribution < 1.29 is 27.1 Å². The fraction of sp³-hybridized carbons (Fsp3) is 0.471. The van der Waals surface area contributed by atoms with E-state index in [-0.39, 0.29) is 18.9 Å². The van der Waals surface area contributed by atoms with Gasteiger partial charge in [0.05, 0.1) is 12.5 Å². The molecule has 0 fully saturated rings. The SMILES string of the molecule is CC(C)C(C)(C#N)NC(=O)COC(=O)CCNS(=O)(=O)c1ccccc1F. The number of sulfonamides is 1. The van der Waals surface area contributed by atoms with Crippen molar-refractivity contribution in [1.29, 1.82) is 5.26 Å². The maximum atomic E-state index is 13.5. The summed E-state index contributed by atoms with van der Waals surface area (Å²) in [6.45, 7) is 4.16. The van der Waals surface area contributed by atoms with E-state index in [0.717, 1.165) is 12.1 Å². The average Bonchev–Trinajstić information content (AvgIpc) is 2.59. The van der Waals surface area contributed by atoms with Crippen LogP contribution in [0.1, 0.15) is 27.2 Å². The van der Waals surface area contributed by atoms with Gasteiger partial charge in [-0.2, -0.15) is 5.26 Å². The molecule has 0 aliphatic carbocycles. The van der Waals surface area contributed by atoms with Crippen LogP contribution < -0.4 is 10.0 Å². The number of nitrogens with zero attached hydrogens (tertiary/aromatic N) is 1. The molecule has 148 valence electrons. The molecule has 0 aliphatic heterocycles. The van der Waals surface area contributed by atoms with Crippen molar-refractivity contribution in [1.82, 2.24) is 10.0 Å². The Balaban J connectivity index is 2.45. The van der Waals surface area contributed by atoms with Crippen molar-refractivity contribution in [2.24, 2.45) is 5.92 Å². The predicted octanol–water partition coefficient (Wildman–Crippen LogP) is 1.09. The highest BCUT2D eigenvalue weighted by molar-refractivity contribution is 7.89. The molecule has 1 aromatic rings. The summed E-state index contributed by atoms with van der Waals surface area (Å²) < 4.78 is 44.3. The van der Waals surface area contributed by atoms with Crippen LogP contribution in [0.5, 0.6) is 0 Å². The van der Waals surface area contributed by atoms with E-state index in [1.807, 2.05) is 6.07 Å². The highest BCUT2D eigenvalue weighted by atomic mass is 32.2. The van der Waals surface area contributed by atoms with Gasteiger partial charge in [-0.1, -0.05) is 26.0 Å². The van der Waals surface area contributed by atoms with E-state index in [2.05, 4.69) is 10.0 Å². The molecule has 1 atom stereocenters. The van der Waals surface area contributed by atoms with E-state index < -0.39 is 44.8 Å². The first-order chi connectivity index (χ1) is 12.5. The number of rotatable bonds is 9. The molecule has 10 heteroatoms. The molecule has 1 amide bonds. The van der Waals surface area contributed by atoms with Crippen molar-refractivity contribution in [3.8, 4) is 6.07 Å².